The van der Waals surface area contributed by atoms with Crippen LogP contribution < -0.4 is 10.6 Å². The zero-order chi connectivity index (χ0) is 15.4. The molecule has 0 bridgehead atoms. The van der Waals surface area contributed by atoms with Gasteiger partial charge in [-0.05, 0) is 43.4 Å². The SMILES string of the molecule is Cc1c(Cl)cccc1NC(=O)C(=O)N[C@H]1CCCC[C@H]1C. The number of benzene rings is 1. The van der Waals surface area contributed by atoms with Gasteiger partial charge in [-0.15, -0.1) is 0 Å². The molecule has 1 aliphatic rings. The first kappa shape index (κ1) is 15.8. The van der Waals surface area contributed by atoms with Gasteiger partial charge in [0.1, 0.15) is 0 Å². The molecule has 114 valence electrons. The van der Waals surface area contributed by atoms with E-state index in [1.165, 1.54) is 6.42 Å². The molecule has 0 radical (unpaired) electrons. The van der Waals surface area contributed by atoms with Gasteiger partial charge in [-0.25, -0.2) is 0 Å². The molecule has 1 saturated carbocycles. The molecule has 21 heavy (non-hydrogen) atoms. The summed E-state index contributed by atoms with van der Waals surface area (Å²) in [6, 6.07) is 5.32. The van der Waals surface area contributed by atoms with E-state index in [-0.39, 0.29) is 6.04 Å². The fourth-order valence-electron chi connectivity index (χ4n) is 2.69. The van der Waals surface area contributed by atoms with E-state index in [4.69, 9.17) is 11.6 Å². The number of carbonyl (C=O) groups is 2. The minimum atomic E-state index is -0.641. The summed E-state index contributed by atoms with van der Waals surface area (Å²) in [7, 11) is 0. The molecule has 1 fully saturated rings. The second-order valence-corrected chi connectivity index (χ2v) is 6.12. The Morgan fingerprint density at radius 3 is 2.62 bits per heavy atom. The molecule has 4 nitrogen and oxygen atoms in total. The second kappa shape index (κ2) is 6.94. The van der Waals surface area contributed by atoms with E-state index in [0.29, 0.717) is 16.6 Å². The monoisotopic (exact) mass is 308 g/mol. The Labute approximate surface area is 130 Å². The standard InChI is InChI=1S/C16H21ClN2O2/c1-10-6-3-4-8-13(10)18-15(20)16(21)19-14-9-5-7-12(17)11(14)2/h5,7,9-10,13H,3-4,6,8H2,1-2H3,(H,18,20)(H,19,21)/t10-,13+/m1/s1. The van der Waals surface area contributed by atoms with Crippen molar-refractivity contribution in [1.82, 2.24) is 5.32 Å². The van der Waals surface area contributed by atoms with Crippen molar-refractivity contribution in [2.75, 3.05) is 5.32 Å². The number of amides is 2. The highest BCUT2D eigenvalue weighted by molar-refractivity contribution is 6.40. The summed E-state index contributed by atoms with van der Waals surface area (Å²) in [4.78, 5) is 24.0. The topological polar surface area (TPSA) is 58.2 Å². The van der Waals surface area contributed by atoms with Crippen LogP contribution in [0.2, 0.25) is 5.02 Å². The first-order chi connectivity index (χ1) is 9.99. The highest BCUT2D eigenvalue weighted by atomic mass is 35.5. The molecule has 2 N–H and O–H groups in total. The van der Waals surface area contributed by atoms with E-state index in [1.54, 1.807) is 25.1 Å². The van der Waals surface area contributed by atoms with Gasteiger partial charge in [-0.3, -0.25) is 9.59 Å². The van der Waals surface area contributed by atoms with Crippen LogP contribution in [0.1, 0.15) is 38.2 Å². The average molecular weight is 309 g/mol. The van der Waals surface area contributed by atoms with E-state index in [0.717, 1.165) is 24.8 Å². The minimum Gasteiger partial charge on any atom is -0.345 e. The zero-order valence-electron chi connectivity index (χ0n) is 12.4. The van der Waals surface area contributed by atoms with Gasteiger partial charge in [0.15, 0.2) is 0 Å². The highest BCUT2D eigenvalue weighted by Crippen LogP contribution is 2.24. The predicted molar refractivity (Wildman–Crippen MR) is 84.4 cm³/mol. The Morgan fingerprint density at radius 2 is 1.90 bits per heavy atom. The third-order valence-electron chi connectivity index (χ3n) is 4.15. The molecule has 2 rings (SSSR count). The largest absolute Gasteiger partial charge is 0.345 e. The number of carbonyl (C=O) groups excluding carboxylic acids is 2. The lowest BCUT2D eigenvalue weighted by atomic mass is 9.86. The van der Waals surface area contributed by atoms with E-state index in [2.05, 4.69) is 17.6 Å². The van der Waals surface area contributed by atoms with Crippen LogP contribution in [0.4, 0.5) is 5.69 Å². The predicted octanol–water partition coefficient (Wildman–Crippen LogP) is 3.28. The lowest BCUT2D eigenvalue weighted by Gasteiger charge is -2.29. The Hall–Kier alpha value is -1.55. The number of halogens is 1. The van der Waals surface area contributed by atoms with Gasteiger partial charge < -0.3 is 10.6 Å². The molecule has 0 aliphatic heterocycles. The summed E-state index contributed by atoms with van der Waals surface area (Å²) in [5, 5.41) is 6.02. The van der Waals surface area contributed by atoms with Crippen molar-refractivity contribution in [3.05, 3.63) is 28.8 Å². The van der Waals surface area contributed by atoms with Gasteiger partial charge in [0, 0.05) is 16.8 Å². The minimum absolute atomic E-state index is 0.0949. The number of nitrogens with one attached hydrogen (secondary N) is 2. The van der Waals surface area contributed by atoms with Crippen molar-refractivity contribution in [2.24, 2.45) is 5.92 Å². The van der Waals surface area contributed by atoms with Gasteiger partial charge in [-0.1, -0.05) is 37.4 Å². The third kappa shape index (κ3) is 3.97. The van der Waals surface area contributed by atoms with E-state index in [1.807, 2.05) is 0 Å². The van der Waals surface area contributed by atoms with Gasteiger partial charge in [-0.2, -0.15) is 0 Å². The Balaban J connectivity index is 1.96. The van der Waals surface area contributed by atoms with Crippen LogP contribution in [0.25, 0.3) is 0 Å². The molecule has 0 heterocycles. The summed E-state index contributed by atoms with van der Waals surface area (Å²) in [5.74, 6) is -0.797. The lowest BCUT2D eigenvalue weighted by molar-refractivity contribution is -0.137. The maximum Gasteiger partial charge on any atom is 0.313 e. The molecule has 0 spiro atoms. The van der Waals surface area contributed by atoms with Crippen LogP contribution >= 0.6 is 11.6 Å². The van der Waals surface area contributed by atoms with Gasteiger partial charge in [0.25, 0.3) is 0 Å². The summed E-state index contributed by atoms with van der Waals surface area (Å²) >= 11 is 6.00. The fraction of sp³-hybridized carbons (Fsp3) is 0.500. The van der Waals surface area contributed by atoms with Gasteiger partial charge in [0.2, 0.25) is 0 Å². The maximum atomic E-state index is 12.0. The molecule has 1 aromatic carbocycles. The average Bonchev–Trinajstić information content (AvgIpc) is 2.46. The van der Waals surface area contributed by atoms with Crippen molar-refractivity contribution in [1.29, 1.82) is 0 Å². The van der Waals surface area contributed by atoms with Crippen molar-refractivity contribution >= 4 is 29.1 Å². The molecule has 0 unspecified atom stereocenters. The molecular weight excluding hydrogens is 288 g/mol. The van der Waals surface area contributed by atoms with Crippen LogP contribution in [-0.4, -0.2) is 17.9 Å². The maximum absolute atomic E-state index is 12.0. The smallest absolute Gasteiger partial charge is 0.313 e. The summed E-state index contributed by atoms with van der Waals surface area (Å²) in [6.45, 7) is 3.92. The third-order valence-corrected chi connectivity index (χ3v) is 4.56. The Morgan fingerprint density at radius 1 is 1.19 bits per heavy atom. The normalized spacial score (nSPS) is 21.7. The number of hydrogen-bond donors (Lipinski definition) is 2. The van der Waals surface area contributed by atoms with Crippen molar-refractivity contribution in [2.45, 2.75) is 45.6 Å². The van der Waals surface area contributed by atoms with Crippen LogP contribution in [0, 0.1) is 12.8 Å². The van der Waals surface area contributed by atoms with Crippen LogP contribution in [0.3, 0.4) is 0 Å². The van der Waals surface area contributed by atoms with Crippen molar-refractivity contribution in [3.63, 3.8) is 0 Å². The lowest BCUT2D eigenvalue weighted by Crippen LogP contribution is -2.45. The zero-order valence-corrected chi connectivity index (χ0v) is 13.2. The molecule has 2 atom stereocenters. The van der Waals surface area contributed by atoms with E-state index < -0.39 is 11.8 Å². The molecule has 0 saturated heterocycles. The Bertz CT molecular complexity index is 545. The molecule has 1 aliphatic carbocycles. The van der Waals surface area contributed by atoms with E-state index >= 15 is 0 Å². The molecule has 1 aromatic rings. The molecular formula is C16H21ClN2O2. The Kier molecular flexibility index (Phi) is 5.23. The molecule has 2 amide bonds. The highest BCUT2D eigenvalue weighted by Gasteiger charge is 2.25. The van der Waals surface area contributed by atoms with Crippen molar-refractivity contribution < 1.29 is 9.59 Å². The quantitative estimate of drug-likeness (QED) is 0.824. The van der Waals surface area contributed by atoms with Gasteiger partial charge >= 0.3 is 11.8 Å². The number of rotatable bonds is 2. The van der Waals surface area contributed by atoms with Crippen LogP contribution in [0.15, 0.2) is 18.2 Å². The summed E-state index contributed by atoms with van der Waals surface area (Å²) < 4.78 is 0. The fourth-order valence-corrected chi connectivity index (χ4v) is 2.86. The molecule has 5 heteroatoms. The second-order valence-electron chi connectivity index (χ2n) is 5.71. The first-order valence-electron chi connectivity index (χ1n) is 7.36. The first-order valence-corrected chi connectivity index (χ1v) is 7.74. The van der Waals surface area contributed by atoms with Gasteiger partial charge in [0.05, 0.1) is 0 Å². The van der Waals surface area contributed by atoms with Crippen molar-refractivity contribution in [3.8, 4) is 0 Å². The van der Waals surface area contributed by atoms with Crippen LogP contribution in [-0.2, 0) is 9.59 Å². The summed E-state index contributed by atoms with van der Waals surface area (Å²) in [5.41, 5.74) is 1.32. The number of anilines is 1. The van der Waals surface area contributed by atoms with Crippen LogP contribution in [0.5, 0.6) is 0 Å². The summed E-state index contributed by atoms with van der Waals surface area (Å²) in [6.07, 6.45) is 4.34. The molecule has 0 aromatic heterocycles. The van der Waals surface area contributed by atoms with E-state index in [9.17, 15) is 9.59 Å². The number of hydrogen-bond acceptors (Lipinski definition) is 2.